The second-order valence-corrected chi connectivity index (χ2v) is 4.81. The molecule has 21 heavy (non-hydrogen) atoms. The molecule has 0 atom stereocenters. The Balaban J connectivity index is 2.17. The van der Waals surface area contributed by atoms with Crippen LogP contribution < -0.4 is 10.1 Å². The van der Waals surface area contributed by atoms with Crippen molar-refractivity contribution in [2.45, 2.75) is 6.92 Å². The van der Waals surface area contributed by atoms with E-state index in [0.717, 1.165) is 0 Å². The molecule has 1 aromatic heterocycles. The number of hydrogen-bond donors (Lipinski definition) is 1. The van der Waals surface area contributed by atoms with Crippen molar-refractivity contribution in [3.05, 3.63) is 52.0 Å². The SMILES string of the molecule is CCOc1ccc(NC(=O)c2cc(Cl)nc(Cl)c2)cc1F. The number of amides is 1. The zero-order valence-corrected chi connectivity index (χ0v) is 12.5. The molecule has 0 aliphatic rings. The van der Waals surface area contributed by atoms with Gasteiger partial charge in [0.05, 0.1) is 6.61 Å². The second-order valence-electron chi connectivity index (χ2n) is 4.03. The van der Waals surface area contributed by atoms with Crippen LogP contribution in [0.4, 0.5) is 10.1 Å². The van der Waals surface area contributed by atoms with Crippen LogP contribution in [0.2, 0.25) is 10.3 Å². The zero-order valence-electron chi connectivity index (χ0n) is 11.0. The lowest BCUT2D eigenvalue weighted by atomic mass is 10.2. The van der Waals surface area contributed by atoms with Crippen LogP contribution in [0.15, 0.2) is 30.3 Å². The topological polar surface area (TPSA) is 51.2 Å². The van der Waals surface area contributed by atoms with Crippen LogP contribution in [0.25, 0.3) is 0 Å². The summed E-state index contributed by atoms with van der Waals surface area (Å²) in [5.74, 6) is -0.893. The number of hydrogen-bond acceptors (Lipinski definition) is 3. The van der Waals surface area contributed by atoms with Crippen LogP contribution in [0.5, 0.6) is 5.75 Å². The number of benzene rings is 1. The average Bonchev–Trinajstić information content (AvgIpc) is 2.41. The van der Waals surface area contributed by atoms with Gasteiger partial charge in [-0.2, -0.15) is 0 Å². The van der Waals surface area contributed by atoms with E-state index in [1.807, 2.05) is 0 Å². The first-order valence-corrected chi connectivity index (χ1v) is 6.82. The van der Waals surface area contributed by atoms with E-state index in [1.165, 1.54) is 30.3 Å². The molecule has 7 heteroatoms. The van der Waals surface area contributed by atoms with Crippen LogP contribution >= 0.6 is 23.2 Å². The largest absolute Gasteiger partial charge is 0.491 e. The summed E-state index contributed by atoms with van der Waals surface area (Å²) in [5, 5.41) is 2.75. The lowest BCUT2D eigenvalue weighted by Crippen LogP contribution is -2.12. The minimum atomic E-state index is -0.555. The van der Waals surface area contributed by atoms with Gasteiger partial charge in [-0.05, 0) is 31.2 Å². The van der Waals surface area contributed by atoms with Gasteiger partial charge in [0.25, 0.3) is 5.91 Å². The van der Waals surface area contributed by atoms with Crippen molar-refractivity contribution in [3.8, 4) is 5.75 Å². The Bertz CT molecular complexity index is 660. The van der Waals surface area contributed by atoms with Crippen molar-refractivity contribution in [1.29, 1.82) is 0 Å². The standard InChI is InChI=1S/C14H11Cl2FN2O2/c1-2-21-11-4-3-9(7-10(11)17)18-14(20)8-5-12(15)19-13(16)6-8/h3-7H,2H2,1H3,(H,18,20). The number of rotatable bonds is 4. The zero-order chi connectivity index (χ0) is 15.4. The average molecular weight is 329 g/mol. The van der Waals surface area contributed by atoms with Crippen LogP contribution in [-0.2, 0) is 0 Å². The summed E-state index contributed by atoms with van der Waals surface area (Å²) in [7, 11) is 0. The van der Waals surface area contributed by atoms with Gasteiger partial charge < -0.3 is 10.1 Å². The molecule has 0 radical (unpaired) electrons. The fourth-order valence-corrected chi connectivity index (χ4v) is 2.11. The summed E-state index contributed by atoms with van der Waals surface area (Å²) in [6.07, 6.45) is 0. The fraction of sp³-hybridized carbons (Fsp3) is 0.143. The lowest BCUT2D eigenvalue weighted by Gasteiger charge is -2.08. The van der Waals surface area contributed by atoms with Crippen molar-refractivity contribution >= 4 is 34.8 Å². The van der Waals surface area contributed by atoms with E-state index in [4.69, 9.17) is 27.9 Å². The summed E-state index contributed by atoms with van der Waals surface area (Å²) in [5.41, 5.74) is 0.527. The first kappa shape index (κ1) is 15.5. The maximum absolute atomic E-state index is 13.7. The molecule has 2 rings (SSSR count). The van der Waals surface area contributed by atoms with Gasteiger partial charge in [0, 0.05) is 17.3 Å². The van der Waals surface area contributed by atoms with Crippen LogP contribution in [-0.4, -0.2) is 17.5 Å². The second kappa shape index (κ2) is 6.74. The molecule has 110 valence electrons. The maximum atomic E-state index is 13.7. The van der Waals surface area contributed by atoms with Gasteiger partial charge in [-0.25, -0.2) is 9.37 Å². The van der Waals surface area contributed by atoms with Gasteiger partial charge in [-0.3, -0.25) is 4.79 Å². The highest BCUT2D eigenvalue weighted by molar-refractivity contribution is 6.33. The Morgan fingerprint density at radius 1 is 1.29 bits per heavy atom. The Hall–Kier alpha value is -1.85. The monoisotopic (exact) mass is 328 g/mol. The Kier molecular flexibility index (Phi) is 4.98. The normalized spacial score (nSPS) is 10.3. The number of aromatic nitrogens is 1. The fourth-order valence-electron chi connectivity index (χ4n) is 1.65. The van der Waals surface area contributed by atoms with Crippen LogP contribution in [0, 0.1) is 5.82 Å². The molecule has 0 aliphatic carbocycles. The van der Waals surface area contributed by atoms with E-state index in [9.17, 15) is 9.18 Å². The highest BCUT2D eigenvalue weighted by atomic mass is 35.5. The molecule has 0 saturated heterocycles. The molecule has 0 fully saturated rings. The van der Waals surface area contributed by atoms with Gasteiger partial charge in [0.1, 0.15) is 10.3 Å². The Labute approximate surface area is 130 Å². The van der Waals surface area contributed by atoms with E-state index in [1.54, 1.807) is 6.92 Å². The molecule has 1 amide bonds. The third kappa shape index (κ3) is 4.06. The molecule has 1 N–H and O–H groups in total. The molecule has 0 bridgehead atoms. The molecule has 2 aromatic rings. The van der Waals surface area contributed by atoms with E-state index >= 15 is 0 Å². The molecule has 1 heterocycles. The first-order chi connectivity index (χ1) is 9.99. The predicted molar refractivity (Wildman–Crippen MR) is 79.8 cm³/mol. The maximum Gasteiger partial charge on any atom is 0.255 e. The number of nitrogens with one attached hydrogen (secondary N) is 1. The molecule has 0 spiro atoms. The quantitative estimate of drug-likeness (QED) is 0.856. The van der Waals surface area contributed by atoms with Gasteiger partial charge in [-0.1, -0.05) is 23.2 Å². The van der Waals surface area contributed by atoms with Gasteiger partial charge in [0.15, 0.2) is 11.6 Å². The Morgan fingerprint density at radius 2 is 1.95 bits per heavy atom. The molecule has 0 aliphatic heterocycles. The van der Waals surface area contributed by atoms with Crippen molar-refractivity contribution in [2.24, 2.45) is 0 Å². The highest BCUT2D eigenvalue weighted by Gasteiger charge is 2.11. The van der Waals surface area contributed by atoms with Crippen LogP contribution in [0.1, 0.15) is 17.3 Å². The van der Waals surface area contributed by atoms with E-state index in [2.05, 4.69) is 10.3 Å². The van der Waals surface area contributed by atoms with Gasteiger partial charge in [0.2, 0.25) is 0 Å². The number of anilines is 1. The summed E-state index contributed by atoms with van der Waals surface area (Å²) < 4.78 is 18.8. The third-order valence-corrected chi connectivity index (χ3v) is 2.90. The molecule has 4 nitrogen and oxygen atoms in total. The summed E-state index contributed by atoms with van der Waals surface area (Å²) >= 11 is 11.5. The number of pyridine rings is 1. The van der Waals surface area contributed by atoms with Crippen molar-refractivity contribution < 1.29 is 13.9 Å². The predicted octanol–water partition coefficient (Wildman–Crippen LogP) is 4.18. The highest BCUT2D eigenvalue weighted by Crippen LogP contribution is 2.22. The third-order valence-electron chi connectivity index (χ3n) is 2.51. The number of carbonyl (C=O) groups is 1. The summed E-state index contributed by atoms with van der Waals surface area (Å²) in [6, 6.07) is 6.89. The van der Waals surface area contributed by atoms with E-state index in [0.29, 0.717) is 12.3 Å². The molecule has 0 saturated carbocycles. The van der Waals surface area contributed by atoms with Crippen molar-refractivity contribution in [1.82, 2.24) is 4.98 Å². The smallest absolute Gasteiger partial charge is 0.255 e. The first-order valence-electron chi connectivity index (χ1n) is 6.06. The van der Waals surface area contributed by atoms with Gasteiger partial charge >= 0.3 is 0 Å². The lowest BCUT2D eigenvalue weighted by molar-refractivity contribution is 0.102. The van der Waals surface area contributed by atoms with E-state index < -0.39 is 11.7 Å². The number of nitrogens with zero attached hydrogens (tertiary/aromatic N) is 1. The van der Waals surface area contributed by atoms with E-state index in [-0.39, 0.29) is 21.6 Å². The Morgan fingerprint density at radius 3 is 2.52 bits per heavy atom. The molecule has 0 unspecified atom stereocenters. The molecule has 1 aromatic carbocycles. The number of ether oxygens (including phenoxy) is 1. The van der Waals surface area contributed by atoms with Crippen molar-refractivity contribution in [2.75, 3.05) is 11.9 Å². The minimum absolute atomic E-state index is 0.102. The summed E-state index contributed by atoms with van der Waals surface area (Å²) in [6.45, 7) is 2.11. The van der Waals surface area contributed by atoms with Crippen molar-refractivity contribution in [3.63, 3.8) is 0 Å². The molecular weight excluding hydrogens is 318 g/mol. The minimum Gasteiger partial charge on any atom is -0.491 e. The van der Waals surface area contributed by atoms with Gasteiger partial charge in [-0.15, -0.1) is 0 Å². The summed E-state index contributed by atoms with van der Waals surface area (Å²) in [4.78, 5) is 15.8. The number of halogens is 3. The molecular formula is C14H11Cl2FN2O2. The number of carbonyl (C=O) groups excluding carboxylic acids is 1. The van der Waals surface area contributed by atoms with Crippen LogP contribution in [0.3, 0.4) is 0 Å².